The molecule has 3 rings (SSSR count). The molecule has 0 saturated carbocycles. The van der Waals surface area contributed by atoms with E-state index < -0.39 is 0 Å². The second-order valence-electron chi connectivity index (χ2n) is 6.37. The lowest BCUT2D eigenvalue weighted by Gasteiger charge is -2.12. The van der Waals surface area contributed by atoms with Crippen molar-refractivity contribution in [3.05, 3.63) is 61.9 Å². The molecule has 1 aromatic heterocycles. The molecule has 3 nitrogen and oxygen atoms in total. The van der Waals surface area contributed by atoms with Gasteiger partial charge in [-0.3, -0.25) is 9.59 Å². The van der Waals surface area contributed by atoms with Crippen molar-refractivity contribution in [2.75, 3.05) is 0 Å². The molecule has 0 N–H and O–H groups in total. The highest BCUT2D eigenvalue weighted by atomic mass is 16.1. The molecular weight excluding hydrogens is 298 g/mol. The molecule has 0 bridgehead atoms. The summed E-state index contributed by atoms with van der Waals surface area (Å²) in [7, 11) is 0. The molecular formula is C21H23NO2. The van der Waals surface area contributed by atoms with Gasteiger partial charge in [0.15, 0.2) is 11.2 Å². The van der Waals surface area contributed by atoms with Crippen molar-refractivity contribution in [2.45, 2.75) is 46.0 Å². The normalized spacial score (nSPS) is 14.0. The highest BCUT2D eigenvalue weighted by molar-refractivity contribution is 5.95. The highest BCUT2D eigenvalue weighted by Gasteiger charge is 2.15. The van der Waals surface area contributed by atoms with Gasteiger partial charge in [-0.1, -0.05) is 25.6 Å². The molecule has 0 radical (unpaired) electrons. The van der Waals surface area contributed by atoms with Crippen LogP contribution in [0.3, 0.4) is 0 Å². The van der Waals surface area contributed by atoms with Gasteiger partial charge in [0.2, 0.25) is 0 Å². The monoisotopic (exact) mass is 321 g/mol. The Balaban J connectivity index is 2.25. The van der Waals surface area contributed by atoms with Crippen LogP contribution in [0.1, 0.15) is 54.6 Å². The summed E-state index contributed by atoms with van der Waals surface area (Å²) < 4.78 is 1.89. The van der Waals surface area contributed by atoms with Crippen molar-refractivity contribution in [1.29, 1.82) is 0 Å². The van der Waals surface area contributed by atoms with Gasteiger partial charge in [-0.25, -0.2) is 0 Å². The molecule has 1 aromatic carbocycles. The van der Waals surface area contributed by atoms with Crippen LogP contribution in [0.5, 0.6) is 0 Å². The molecule has 1 aliphatic carbocycles. The van der Waals surface area contributed by atoms with Gasteiger partial charge in [0.05, 0.1) is 5.56 Å². The van der Waals surface area contributed by atoms with E-state index in [-0.39, 0.29) is 16.8 Å². The average molecular weight is 321 g/mol. The second kappa shape index (κ2) is 6.60. The fourth-order valence-corrected chi connectivity index (χ4v) is 3.47. The van der Waals surface area contributed by atoms with Crippen molar-refractivity contribution in [1.82, 2.24) is 4.57 Å². The lowest BCUT2D eigenvalue weighted by atomic mass is 10.1. The van der Waals surface area contributed by atoms with E-state index >= 15 is 0 Å². The molecule has 0 saturated heterocycles. The molecule has 24 heavy (non-hydrogen) atoms. The number of carbonyl (C=O) groups is 1. The van der Waals surface area contributed by atoms with Crippen LogP contribution in [-0.4, -0.2) is 10.4 Å². The Morgan fingerprint density at radius 2 is 2.04 bits per heavy atom. The molecule has 0 amide bonds. The summed E-state index contributed by atoms with van der Waals surface area (Å²) in [6.07, 6.45) is 7.95. The Hall–Kier alpha value is -2.42. The summed E-state index contributed by atoms with van der Waals surface area (Å²) in [5, 5.41) is 1.14. The number of benzene rings is 1. The largest absolute Gasteiger partial charge is 0.316 e. The van der Waals surface area contributed by atoms with E-state index in [9.17, 15) is 9.59 Å². The molecule has 0 fully saturated rings. The summed E-state index contributed by atoms with van der Waals surface area (Å²) in [4.78, 5) is 25.0. The SMILES string of the molecule is C=c1/c(=C\C)c(=O)c(C(=O)CCC)cn1-c1ccc2c(c1)CCC2. The third-order valence-electron chi connectivity index (χ3n) is 4.78. The maximum atomic E-state index is 12.6. The number of carbonyl (C=O) groups excluding carboxylic acids is 1. The number of aryl methyl sites for hydroxylation is 2. The van der Waals surface area contributed by atoms with Crippen molar-refractivity contribution >= 4 is 18.4 Å². The predicted molar refractivity (Wildman–Crippen MR) is 98.2 cm³/mol. The fraction of sp³-hybridized carbons (Fsp3) is 0.333. The molecule has 0 atom stereocenters. The number of fused-ring (bicyclic) bond motifs is 1. The first-order chi connectivity index (χ1) is 11.6. The van der Waals surface area contributed by atoms with Crippen molar-refractivity contribution in [2.24, 2.45) is 0 Å². The summed E-state index contributed by atoms with van der Waals surface area (Å²) in [6, 6.07) is 6.36. The highest BCUT2D eigenvalue weighted by Crippen LogP contribution is 2.23. The van der Waals surface area contributed by atoms with E-state index in [0.29, 0.717) is 17.0 Å². The molecule has 0 spiro atoms. The lowest BCUT2D eigenvalue weighted by molar-refractivity contribution is 0.0980. The standard InChI is InChI=1S/C21H23NO2/c1-4-7-20(23)19-13-22(14(3)18(5-2)21(19)24)17-11-10-15-8-6-9-16(15)12-17/h5,10-13H,3-4,6-9H2,1-2H3/b18-5+. The Kier molecular flexibility index (Phi) is 4.52. The van der Waals surface area contributed by atoms with Gasteiger partial charge in [-0.2, -0.15) is 0 Å². The quantitative estimate of drug-likeness (QED) is 0.812. The van der Waals surface area contributed by atoms with Crippen molar-refractivity contribution < 1.29 is 4.79 Å². The average Bonchev–Trinajstić information content (AvgIpc) is 3.03. The third kappa shape index (κ3) is 2.75. The molecule has 0 unspecified atom stereocenters. The zero-order valence-corrected chi connectivity index (χ0v) is 14.4. The number of pyridine rings is 1. The Bertz CT molecular complexity index is 967. The molecule has 1 aliphatic rings. The zero-order chi connectivity index (χ0) is 17.3. The van der Waals surface area contributed by atoms with Crippen LogP contribution >= 0.6 is 0 Å². The minimum Gasteiger partial charge on any atom is -0.316 e. The molecule has 1 heterocycles. The summed E-state index contributed by atoms with van der Waals surface area (Å²) in [5.74, 6) is -0.0967. The van der Waals surface area contributed by atoms with Crippen LogP contribution in [0, 0.1) is 0 Å². The number of aromatic nitrogens is 1. The van der Waals surface area contributed by atoms with E-state index in [1.54, 1.807) is 12.3 Å². The first kappa shape index (κ1) is 16.4. The van der Waals surface area contributed by atoms with Crippen LogP contribution in [0.25, 0.3) is 18.3 Å². The van der Waals surface area contributed by atoms with Crippen LogP contribution in [0.2, 0.25) is 0 Å². The van der Waals surface area contributed by atoms with E-state index in [4.69, 9.17) is 0 Å². The molecule has 124 valence electrons. The van der Waals surface area contributed by atoms with Gasteiger partial charge in [0.25, 0.3) is 0 Å². The Morgan fingerprint density at radius 1 is 1.29 bits per heavy atom. The first-order valence-electron chi connectivity index (χ1n) is 8.63. The molecule has 3 heteroatoms. The van der Waals surface area contributed by atoms with Crippen molar-refractivity contribution in [3.8, 4) is 5.69 Å². The fourth-order valence-electron chi connectivity index (χ4n) is 3.47. The number of hydrogen-bond acceptors (Lipinski definition) is 2. The number of nitrogens with zero attached hydrogens (tertiary/aromatic N) is 1. The van der Waals surface area contributed by atoms with Crippen LogP contribution < -0.4 is 16.0 Å². The second-order valence-corrected chi connectivity index (χ2v) is 6.37. The van der Waals surface area contributed by atoms with E-state index in [1.165, 1.54) is 17.5 Å². The minimum absolute atomic E-state index is 0.0967. The van der Waals surface area contributed by atoms with E-state index in [2.05, 4.69) is 24.8 Å². The van der Waals surface area contributed by atoms with Gasteiger partial charge < -0.3 is 4.57 Å². The number of Topliss-reactive ketones (excluding diaryl/α,β-unsaturated/α-hetero) is 1. The third-order valence-corrected chi connectivity index (χ3v) is 4.78. The first-order valence-corrected chi connectivity index (χ1v) is 8.63. The predicted octanol–water partition coefficient (Wildman–Crippen LogP) is 2.52. The van der Waals surface area contributed by atoms with Crippen LogP contribution in [-0.2, 0) is 12.8 Å². The summed E-state index contributed by atoms with van der Waals surface area (Å²) in [6.45, 7) is 7.84. The maximum absolute atomic E-state index is 12.6. The van der Waals surface area contributed by atoms with E-state index in [1.807, 2.05) is 18.4 Å². The van der Waals surface area contributed by atoms with Gasteiger partial charge >= 0.3 is 0 Å². The molecule has 2 aromatic rings. The maximum Gasteiger partial charge on any atom is 0.199 e. The smallest absolute Gasteiger partial charge is 0.199 e. The minimum atomic E-state index is -0.210. The van der Waals surface area contributed by atoms with E-state index in [0.717, 1.165) is 24.9 Å². The summed E-state index contributed by atoms with van der Waals surface area (Å²) in [5.41, 5.74) is 3.77. The Morgan fingerprint density at radius 3 is 2.75 bits per heavy atom. The number of rotatable bonds is 4. The van der Waals surface area contributed by atoms with Crippen LogP contribution in [0.4, 0.5) is 0 Å². The topological polar surface area (TPSA) is 39.1 Å². The van der Waals surface area contributed by atoms with Gasteiger partial charge in [0, 0.05) is 28.9 Å². The van der Waals surface area contributed by atoms with Gasteiger partial charge in [0.1, 0.15) is 0 Å². The van der Waals surface area contributed by atoms with Gasteiger partial charge in [-0.05, 0) is 55.9 Å². The number of hydrogen-bond donors (Lipinski definition) is 0. The molecule has 0 aliphatic heterocycles. The number of ketones is 1. The lowest BCUT2D eigenvalue weighted by Crippen LogP contribution is -2.46. The van der Waals surface area contributed by atoms with Crippen molar-refractivity contribution in [3.63, 3.8) is 0 Å². The summed E-state index contributed by atoms with van der Waals surface area (Å²) >= 11 is 0. The van der Waals surface area contributed by atoms with Gasteiger partial charge in [-0.15, -0.1) is 0 Å². The Labute approximate surface area is 142 Å². The zero-order valence-electron chi connectivity index (χ0n) is 14.4. The van der Waals surface area contributed by atoms with Crippen LogP contribution in [0.15, 0.2) is 29.2 Å².